The second-order valence-electron chi connectivity index (χ2n) is 11.0. The van der Waals surface area contributed by atoms with Crippen molar-refractivity contribution in [2.24, 2.45) is 17.8 Å². The van der Waals surface area contributed by atoms with E-state index in [4.69, 9.17) is 0 Å². The van der Waals surface area contributed by atoms with E-state index >= 15 is 4.39 Å². The van der Waals surface area contributed by atoms with Crippen molar-refractivity contribution in [1.29, 1.82) is 0 Å². The van der Waals surface area contributed by atoms with Crippen molar-refractivity contribution < 1.29 is 4.39 Å². The summed E-state index contributed by atoms with van der Waals surface area (Å²) in [5, 5.41) is 0. The molecule has 0 N–H and O–H groups in total. The van der Waals surface area contributed by atoms with Crippen molar-refractivity contribution in [1.82, 2.24) is 0 Å². The van der Waals surface area contributed by atoms with E-state index in [1.54, 1.807) is 0 Å². The molecular weight excluding hydrogens is 403 g/mol. The summed E-state index contributed by atoms with van der Waals surface area (Å²) >= 11 is 0. The molecule has 2 saturated carbocycles. The Labute approximate surface area is 202 Å². The lowest BCUT2D eigenvalue weighted by Crippen LogP contribution is -2.31. The van der Waals surface area contributed by atoms with Crippen LogP contribution in [-0.2, 0) is 6.42 Å². The SMILES string of the molecule is CCCCCC1CCC(C2CCC(c3ccccc3-c3ccc(CCC)cc3)C(F)C2)CC1. The lowest BCUT2D eigenvalue weighted by molar-refractivity contribution is 0.101. The molecule has 0 amide bonds. The van der Waals surface area contributed by atoms with Gasteiger partial charge >= 0.3 is 0 Å². The minimum Gasteiger partial charge on any atom is -0.247 e. The van der Waals surface area contributed by atoms with Gasteiger partial charge in [-0.2, -0.15) is 0 Å². The van der Waals surface area contributed by atoms with Crippen molar-refractivity contribution in [3.63, 3.8) is 0 Å². The molecule has 2 aromatic rings. The van der Waals surface area contributed by atoms with Gasteiger partial charge in [0.25, 0.3) is 0 Å². The van der Waals surface area contributed by atoms with Gasteiger partial charge in [-0.1, -0.05) is 107 Å². The molecular formula is C32H45F. The van der Waals surface area contributed by atoms with Gasteiger partial charge in [0, 0.05) is 5.92 Å². The highest BCUT2D eigenvalue weighted by molar-refractivity contribution is 5.68. The molecule has 0 aliphatic heterocycles. The summed E-state index contributed by atoms with van der Waals surface area (Å²) < 4.78 is 15.7. The molecule has 3 atom stereocenters. The number of aryl methyl sites for hydroxylation is 1. The van der Waals surface area contributed by atoms with Crippen molar-refractivity contribution in [2.45, 2.75) is 109 Å². The molecule has 33 heavy (non-hydrogen) atoms. The van der Waals surface area contributed by atoms with E-state index in [9.17, 15) is 0 Å². The van der Waals surface area contributed by atoms with Crippen LogP contribution >= 0.6 is 0 Å². The van der Waals surface area contributed by atoms with Gasteiger partial charge in [-0.15, -0.1) is 0 Å². The first-order valence-electron chi connectivity index (χ1n) is 14.0. The smallest absolute Gasteiger partial charge is 0.107 e. The van der Waals surface area contributed by atoms with Gasteiger partial charge in [-0.05, 0) is 78.5 Å². The fourth-order valence-corrected chi connectivity index (χ4v) is 6.78. The Kier molecular flexibility index (Phi) is 9.04. The minimum absolute atomic E-state index is 0.0538. The highest BCUT2D eigenvalue weighted by Crippen LogP contribution is 2.47. The van der Waals surface area contributed by atoms with Crippen molar-refractivity contribution in [3.05, 3.63) is 59.7 Å². The maximum absolute atomic E-state index is 15.7. The Morgan fingerprint density at radius 1 is 0.758 bits per heavy atom. The molecule has 4 rings (SSSR count). The first kappa shape index (κ1) is 24.5. The lowest BCUT2D eigenvalue weighted by Gasteiger charge is -2.40. The average Bonchev–Trinajstić information content (AvgIpc) is 2.85. The minimum atomic E-state index is -0.702. The van der Waals surface area contributed by atoms with Crippen LogP contribution in [-0.4, -0.2) is 6.17 Å². The fourth-order valence-electron chi connectivity index (χ4n) is 6.78. The van der Waals surface area contributed by atoms with Gasteiger partial charge in [-0.3, -0.25) is 0 Å². The van der Waals surface area contributed by atoms with Gasteiger partial charge in [0.05, 0.1) is 0 Å². The van der Waals surface area contributed by atoms with Crippen LogP contribution in [0.2, 0.25) is 0 Å². The molecule has 1 heteroatoms. The molecule has 2 aliphatic carbocycles. The number of halogens is 1. The third-order valence-electron chi connectivity index (χ3n) is 8.75. The predicted octanol–water partition coefficient (Wildman–Crippen LogP) is 9.91. The zero-order valence-electron chi connectivity index (χ0n) is 21.1. The van der Waals surface area contributed by atoms with Crippen molar-refractivity contribution in [2.75, 3.05) is 0 Å². The van der Waals surface area contributed by atoms with E-state index in [-0.39, 0.29) is 5.92 Å². The van der Waals surface area contributed by atoms with Gasteiger partial charge in [0.15, 0.2) is 0 Å². The van der Waals surface area contributed by atoms with E-state index < -0.39 is 6.17 Å². The molecule has 0 nitrogen and oxygen atoms in total. The molecule has 0 heterocycles. The van der Waals surface area contributed by atoms with Crippen molar-refractivity contribution in [3.8, 4) is 11.1 Å². The third kappa shape index (κ3) is 6.28. The summed E-state index contributed by atoms with van der Waals surface area (Å²) in [4.78, 5) is 0. The summed E-state index contributed by atoms with van der Waals surface area (Å²) in [5.41, 5.74) is 5.09. The van der Waals surface area contributed by atoms with Crippen LogP contribution in [0.15, 0.2) is 48.5 Å². The van der Waals surface area contributed by atoms with Crippen LogP contribution in [0.1, 0.15) is 108 Å². The molecule has 2 fully saturated rings. The van der Waals surface area contributed by atoms with E-state index in [0.29, 0.717) is 5.92 Å². The summed E-state index contributed by atoms with van der Waals surface area (Å²) in [7, 11) is 0. The number of unbranched alkanes of at least 4 members (excludes halogenated alkanes) is 2. The summed E-state index contributed by atoms with van der Waals surface area (Å²) in [6.07, 6.45) is 15.6. The second kappa shape index (κ2) is 12.2. The molecule has 0 radical (unpaired) electrons. The number of benzene rings is 2. The maximum atomic E-state index is 15.7. The Hall–Kier alpha value is -1.63. The van der Waals surface area contributed by atoms with E-state index in [1.807, 2.05) is 0 Å². The molecule has 0 saturated heterocycles. The lowest BCUT2D eigenvalue weighted by atomic mass is 9.67. The van der Waals surface area contributed by atoms with Crippen LogP contribution in [0.3, 0.4) is 0 Å². The van der Waals surface area contributed by atoms with Gasteiger partial charge < -0.3 is 0 Å². The van der Waals surface area contributed by atoms with Gasteiger partial charge in [0.1, 0.15) is 6.17 Å². The quantitative estimate of drug-likeness (QED) is 0.335. The van der Waals surface area contributed by atoms with Crippen LogP contribution in [0.5, 0.6) is 0 Å². The Bertz CT molecular complexity index is 830. The first-order chi connectivity index (χ1) is 16.2. The number of alkyl halides is 1. The standard InChI is InChI=1S/C32H45F/c1-3-5-6-10-25-13-17-26(18-14-25)28-21-22-31(32(33)23-28)30-12-8-7-11-29(30)27-19-15-24(9-4-2)16-20-27/h7-8,11-12,15-16,19-20,25-26,28,31-32H,3-6,9-10,13-14,17-18,21-23H2,1-2H3. The molecule has 2 aliphatic rings. The largest absolute Gasteiger partial charge is 0.247 e. The van der Waals surface area contributed by atoms with E-state index in [1.165, 1.54) is 86.5 Å². The second-order valence-corrected chi connectivity index (χ2v) is 11.0. The number of hydrogen-bond acceptors (Lipinski definition) is 0. The topological polar surface area (TPSA) is 0 Å². The van der Waals surface area contributed by atoms with Gasteiger partial charge in [0.2, 0.25) is 0 Å². The molecule has 2 aromatic carbocycles. The average molecular weight is 449 g/mol. The fraction of sp³-hybridized carbons (Fsp3) is 0.625. The predicted molar refractivity (Wildman–Crippen MR) is 140 cm³/mol. The Balaban J connectivity index is 1.37. The summed E-state index contributed by atoms with van der Waals surface area (Å²) in [6, 6.07) is 17.6. The zero-order valence-corrected chi connectivity index (χ0v) is 21.1. The molecule has 0 spiro atoms. The van der Waals surface area contributed by atoms with Crippen LogP contribution in [0, 0.1) is 17.8 Å². The molecule has 3 unspecified atom stereocenters. The molecule has 0 bridgehead atoms. The van der Waals surface area contributed by atoms with Crippen LogP contribution in [0.4, 0.5) is 4.39 Å². The third-order valence-corrected chi connectivity index (χ3v) is 8.75. The highest BCUT2D eigenvalue weighted by atomic mass is 19.1. The van der Waals surface area contributed by atoms with Gasteiger partial charge in [-0.25, -0.2) is 4.39 Å². The summed E-state index contributed by atoms with van der Waals surface area (Å²) in [5.74, 6) is 2.38. The van der Waals surface area contributed by atoms with E-state index in [2.05, 4.69) is 62.4 Å². The highest BCUT2D eigenvalue weighted by Gasteiger charge is 2.37. The Morgan fingerprint density at radius 2 is 1.48 bits per heavy atom. The number of rotatable bonds is 9. The maximum Gasteiger partial charge on any atom is 0.107 e. The number of hydrogen-bond donors (Lipinski definition) is 0. The van der Waals surface area contributed by atoms with Crippen LogP contribution in [0.25, 0.3) is 11.1 Å². The first-order valence-corrected chi connectivity index (χ1v) is 14.0. The normalized spacial score (nSPS) is 28.0. The summed E-state index contributed by atoms with van der Waals surface area (Å²) in [6.45, 7) is 4.52. The van der Waals surface area contributed by atoms with E-state index in [0.717, 1.165) is 31.1 Å². The molecule has 0 aromatic heterocycles. The Morgan fingerprint density at radius 3 is 2.18 bits per heavy atom. The zero-order chi connectivity index (χ0) is 23.0. The molecule has 180 valence electrons. The monoisotopic (exact) mass is 448 g/mol. The van der Waals surface area contributed by atoms with Crippen molar-refractivity contribution >= 4 is 0 Å². The van der Waals surface area contributed by atoms with Crippen LogP contribution < -0.4 is 0 Å².